The van der Waals surface area contributed by atoms with Gasteiger partial charge in [0.1, 0.15) is 6.04 Å². The first-order chi connectivity index (χ1) is 15.2. The van der Waals surface area contributed by atoms with Crippen LogP contribution in [0.3, 0.4) is 0 Å². The molecule has 5 aliphatic rings. The fourth-order valence-corrected chi connectivity index (χ4v) is 7.84. The van der Waals surface area contributed by atoms with Crippen molar-refractivity contribution in [3.05, 3.63) is 0 Å². The van der Waals surface area contributed by atoms with Gasteiger partial charge in [0, 0.05) is 38.6 Å². The Kier molecular flexibility index (Phi) is 6.94. The first-order valence-electron chi connectivity index (χ1n) is 12.5. The van der Waals surface area contributed by atoms with Gasteiger partial charge in [-0.3, -0.25) is 9.69 Å². The molecule has 0 aromatic heterocycles. The van der Waals surface area contributed by atoms with E-state index in [-0.39, 0.29) is 17.3 Å². The van der Waals surface area contributed by atoms with Gasteiger partial charge in [-0.2, -0.15) is 5.26 Å². The van der Waals surface area contributed by atoms with E-state index in [9.17, 15) is 10.1 Å². The molecule has 2 aliphatic carbocycles. The molecule has 0 aromatic rings. The second-order valence-electron chi connectivity index (χ2n) is 9.93. The van der Waals surface area contributed by atoms with Crippen molar-refractivity contribution >= 4 is 17.7 Å². The van der Waals surface area contributed by atoms with Gasteiger partial charge in [-0.1, -0.05) is 32.1 Å². The van der Waals surface area contributed by atoms with Crippen LogP contribution >= 0.6 is 11.8 Å². The molecule has 7 nitrogen and oxygen atoms in total. The highest BCUT2D eigenvalue weighted by molar-refractivity contribution is 8.00. The third-order valence-electron chi connectivity index (χ3n) is 8.04. The highest BCUT2D eigenvalue weighted by Gasteiger charge is 2.45. The molecule has 31 heavy (non-hydrogen) atoms. The van der Waals surface area contributed by atoms with Crippen molar-refractivity contribution in [1.29, 1.82) is 5.26 Å². The number of hydrogen-bond donors (Lipinski definition) is 1. The van der Waals surface area contributed by atoms with Crippen molar-refractivity contribution in [2.75, 3.05) is 39.3 Å². The van der Waals surface area contributed by atoms with E-state index in [4.69, 9.17) is 4.74 Å². The van der Waals surface area contributed by atoms with Gasteiger partial charge in [-0.05, 0) is 25.7 Å². The van der Waals surface area contributed by atoms with Crippen LogP contribution in [-0.4, -0.2) is 88.9 Å². The number of ether oxygens (including phenoxy) is 1. The number of rotatable bonds is 4. The Morgan fingerprint density at radius 3 is 2.61 bits per heavy atom. The third-order valence-corrected chi connectivity index (χ3v) is 9.58. The molecule has 5 fully saturated rings. The maximum absolute atomic E-state index is 13.3. The van der Waals surface area contributed by atoms with Crippen LogP contribution in [0.25, 0.3) is 0 Å². The molecule has 0 aromatic carbocycles. The summed E-state index contributed by atoms with van der Waals surface area (Å²) in [5, 5.41) is 13.6. The summed E-state index contributed by atoms with van der Waals surface area (Å²) >= 11 is 1.96. The Balaban J connectivity index is 1.20. The van der Waals surface area contributed by atoms with Crippen molar-refractivity contribution in [3.63, 3.8) is 0 Å². The smallest absolute Gasteiger partial charge is 0.242 e. The first kappa shape index (κ1) is 21.8. The van der Waals surface area contributed by atoms with Crippen molar-refractivity contribution < 1.29 is 9.53 Å². The Labute approximate surface area is 190 Å². The van der Waals surface area contributed by atoms with Crippen LogP contribution in [0.1, 0.15) is 57.8 Å². The fraction of sp³-hybridized carbons (Fsp3) is 0.913. The molecule has 0 radical (unpaired) electrons. The molecule has 0 spiro atoms. The highest BCUT2D eigenvalue weighted by Crippen LogP contribution is 2.40. The number of carbonyl (C=O) groups is 1. The summed E-state index contributed by atoms with van der Waals surface area (Å²) in [6.45, 7) is 4.70. The second-order valence-corrected chi connectivity index (χ2v) is 11.3. The predicted molar refractivity (Wildman–Crippen MR) is 121 cm³/mol. The van der Waals surface area contributed by atoms with Crippen LogP contribution in [-0.2, 0) is 9.53 Å². The Hall–Kier alpha value is -1.01. The molecule has 4 unspecified atom stereocenters. The van der Waals surface area contributed by atoms with Crippen molar-refractivity contribution in [1.82, 2.24) is 20.0 Å². The number of piperazine rings is 2. The number of carbonyl (C=O) groups excluding carboxylic acids is 1. The van der Waals surface area contributed by atoms with Crippen LogP contribution in [0.2, 0.25) is 0 Å². The van der Waals surface area contributed by atoms with Crippen molar-refractivity contribution in [2.24, 2.45) is 5.92 Å². The molecule has 5 rings (SSSR count). The summed E-state index contributed by atoms with van der Waals surface area (Å²) in [5.41, 5.74) is 0. The van der Waals surface area contributed by atoms with E-state index in [1.807, 2.05) is 11.8 Å². The Bertz CT molecular complexity index is 681. The quantitative estimate of drug-likeness (QED) is 0.663. The lowest BCUT2D eigenvalue weighted by Crippen LogP contribution is -2.65. The molecule has 2 saturated carbocycles. The normalized spacial score (nSPS) is 38.2. The number of nitriles is 1. The maximum Gasteiger partial charge on any atom is 0.242 e. The summed E-state index contributed by atoms with van der Waals surface area (Å²) in [5.74, 6) is 0.760. The summed E-state index contributed by atoms with van der Waals surface area (Å²) in [7, 11) is 0. The predicted octanol–water partition coefficient (Wildman–Crippen LogP) is 2.19. The van der Waals surface area contributed by atoms with E-state index < -0.39 is 0 Å². The number of nitrogens with zero attached hydrogens (tertiary/aromatic N) is 4. The Morgan fingerprint density at radius 1 is 1.00 bits per heavy atom. The number of fused-ring (bicyclic) bond motifs is 1. The van der Waals surface area contributed by atoms with E-state index in [0.717, 1.165) is 32.7 Å². The topological polar surface area (TPSA) is 71.8 Å². The molecule has 0 bridgehead atoms. The molecule has 1 amide bonds. The standard InChI is InChI=1S/C23H37N5O2S/c24-16-26-10-11-27-12-13-28(23(29)19(27)15-26)21-14-25-22(31-21)18-8-4-5-9-20(18)30-17-6-2-1-3-7-17/h17-22,25H,1-15H2/t18?,19-,20?,21?,22?/m1/s1. The van der Waals surface area contributed by atoms with Gasteiger partial charge in [0.05, 0.1) is 29.5 Å². The van der Waals surface area contributed by atoms with Gasteiger partial charge in [0.25, 0.3) is 0 Å². The fourth-order valence-electron chi connectivity index (χ4n) is 6.24. The number of hydrogen-bond acceptors (Lipinski definition) is 7. The minimum absolute atomic E-state index is 0.154. The van der Waals surface area contributed by atoms with E-state index in [1.165, 1.54) is 57.8 Å². The molecule has 8 heteroatoms. The van der Waals surface area contributed by atoms with Crippen LogP contribution < -0.4 is 5.32 Å². The van der Waals surface area contributed by atoms with Crippen LogP contribution in [0.4, 0.5) is 0 Å². The van der Waals surface area contributed by atoms with Gasteiger partial charge in [-0.25, -0.2) is 0 Å². The van der Waals surface area contributed by atoms with E-state index >= 15 is 0 Å². The molecule has 3 saturated heterocycles. The molecule has 3 aliphatic heterocycles. The summed E-state index contributed by atoms with van der Waals surface area (Å²) in [6.07, 6.45) is 14.5. The lowest BCUT2D eigenvalue weighted by Gasteiger charge is -2.46. The minimum atomic E-state index is -0.154. The zero-order valence-corrected chi connectivity index (χ0v) is 19.4. The van der Waals surface area contributed by atoms with Crippen molar-refractivity contribution in [3.8, 4) is 6.19 Å². The molecular weight excluding hydrogens is 410 g/mol. The zero-order valence-electron chi connectivity index (χ0n) is 18.6. The summed E-state index contributed by atoms with van der Waals surface area (Å²) < 4.78 is 6.68. The average molecular weight is 448 g/mol. The van der Waals surface area contributed by atoms with E-state index in [0.29, 0.717) is 30.0 Å². The Morgan fingerprint density at radius 2 is 1.77 bits per heavy atom. The van der Waals surface area contributed by atoms with Gasteiger partial charge < -0.3 is 19.9 Å². The van der Waals surface area contributed by atoms with Gasteiger partial charge in [-0.15, -0.1) is 11.8 Å². The van der Waals surface area contributed by atoms with E-state index in [1.54, 1.807) is 4.90 Å². The minimum Gasteiger partial charge on any atom is -0.375 e. The van der Waals surface area contributed by atoms with Crippen LogP contribution in [0.15, 0.2) is 0 Å². The average Bonchev–Trinajstić information content (AvgIpc) is 3.30. The SMILES string of the molecule is N#CN1CCN2CCN(C3CNC(C4CCCCC4OC4CCCCC4)S3)C(=O)[C@H]2C1. The van der Waals surface area contributed by atoms with Gasteiger partial charge in [0.15, 0.2) is 6.19 Å². The van der Waals surface area contributed by atoms with E-state index in [2.05, 4.69) is 21.3 Å². The molecular formula is C23H37N5O2S. The highest BCUT2D eigenvalue weighted by atomic mass is 32.2. The summed E-state index contributed by atoms with van der Waals surface area (Å²) in [4.78, 5) is 19.4. The summed E-state index contributed by atoms with van der Waals surface area (Å²) in [6, 6.07) is -0.154. The number of nitrogens with one attached hydrogen (secondary N) is 1. The first-order valence-corrected chi connectivity index (χ1v) is 13.4. The number of thioether (sulfide) groups is 1. The number of amides is 1. The van der Waals surface area contributed by atoms with Crippen molar-refractivity contribution in [2.45, 2.75) is 86.8 Å². The molecule has 1 N–H and O–H groups in total. The van der Waals surface area contributed by atoms with Gasteiger partial charge >= 0.3 is 0 Å². The largest absolute Gasteiger partial charge is 0.375 e. The molecule has 172 valence electrons. The second kappa shape index (κ2) is 9.86. The van der Waals surface area contributed by atoms with Gasteiger partial charge in [0.2, 0.25) is 5.91 Å². The maximum atomic E-state index is 13.3. The molecule has 3 heterocycles. The lowest BCUT2D eigenvalue weighted by molar-refractivity contribution is -0.144. The van der Waals surface area contributed by atoms with Crippen LogP contribution in [0, 0.1) is 17.4 Å². The lowest BCUT2D eigenvalue weighted by atomic mass is 9.85. The zero-order chi connectivity index (χ0) is 21.2. The van der Waals surface area contributed by atoms with Crippen LogP contribution in [0.5, 0.6) is 0 Å². The third kappa shape index (κ3) is 4.71. The monoisotopic (exact) mass is 447 g/mol. The molecule has 5 atom stereocenters.